The van der Waals surface area contributed by atoms with Crippen molar-refractivity contribution in [1.82, 2.24) is 15.2 Å². The highest BCUT2D eigenvalue weighted by molar-refractivity contribution is 5.79. The van der Waals surface area contributed by atoms with Gasteiger partial charge in [0.25, 0.3) is 5.56 Å². The molecule has 0 saturated carbocycles. The van der Waals surface area contributed by atoms with Crippen molar-refractivity contribution in [2.75, 3.05) is 27.2 Å². The highest BCUT2D eigenvalue weighted by atomic mass is 19.1. The van der Waals surface area contributed by atoms with Crippen LogP contribution in [-0.4, -0.2) is 43.0 Å². The number of aryl methyl sites for hydroxylation is 1. The Morgan fingerprint density at radius 2 is 2.09 bits per heavy atom. The zero-order valence-corrected chi connectivity index (χ0v) is 12.8. The van der Waals surface area contributed by atoms with Gasteiger partial charge in [0.2, 0.25) is 5.91 Å². The number of hydrogen-bond acceptors (Lipinski definition) is 3. The summed E-state index contributed by atoms with van der Waals surface area (Å²) in [6.07, 6.45) is 0.611. The first kappa shape index (κ1) is 16.2. The number of carbonyl (C=O) groups excluding carboxylic acids is 1. The second-order valence-corrected chi connectivity index (χ2v) is 5.51. The third-order valence-electron chi connectivity index (χ3n) is 3.39. The predicted octanol–water partition coefficient (Wildman–Crippen LogP) is 1.28. The molecule has 0 atom stereocenters. The number of nitrogens with one attached hydrogen (secondary N) is 2. The summed E-state index contributed by atoms with van der Waals surface area (Å²) >= 11 is 0. The molecule has 22 heavy (non-hydrogen) atoms. The van der Waals surface area contributed by atoms with Crippen LogP contribution in [0, 0.1) is 5.82 Å². The van der Waals surface area contributed by atoms with E-state index in [1.54, 1.807) is 12.1 Å². The molecule has 0 spiro atoms. The number of halogens is 1. The zero-order valence-electron chi connectivity index (χ0n) is 12.8. The van der Waals surface area contributed by atoms with Gasteiger partial charge in [-0.2, -0.15) is 0 Å². The molecule has 2 aromatic rings. The maximum absolute atomic E-state index is 13.1. The van der Waals surface area contributed by atoms with Gasteiger partial charge in [0.15, 0.2) is 0 Å². The number of pyridine rings is 1. The highest BCUT2D eigenvalue weighted by Crippen LogP contribution is 2.13. The fourth-order valence-electron chi connectivity index (χ4n) is 2.16. The van der Waals surface area contributed by atoms with Crippen molar-refractivity contribution >= 4 is 16.8 Å². The molecule has 0 bridgehead atoms. The van der Waals surface area contributed by atoms with Gasteiger partial charge >= 0.3 is 0 Å². The Bertz CT molecular complexity index is 725. The summed E-state index contributed by atoms with van der Waals surface area (Å²) in [6.45, 7) is 1.35. The Labute approximate surface area is 128 Å². The van der Waals surface area contributed by atoms with E-state index in [0.717, 1.165) is 11.9 Å². The Hall–Kier alpha value is -2.21. The molecular weight excluding hydrogens is 285 g/mol. The average Bonchev–Trinajstić information content (AvgIpc) is 2.44. The van der Waals surface area contributed by atoms with E-state index in [2.05, 4.69) is 10.3 Å². The standard InChI is InChI=1S/C16H20FN3O2/c1-20(2)8-7-18-15(21)6-4-12-9-11-3-5-13(17)10-14(11)19-16(12)22/h3,5,9-10H,4,6-8H2,1-2H3,(H,18,21)(H,19,22). The normalized spacial score (nSPS) is 11.1. The van der Waals surface area contributed by atoms with Crippen LogP contribution in [0.15, 0.2) is 29.1 Å². The number of nitrogens with zero attached hydrogens (tertiary/aromatic N) is 1. The number of likely N-dealkylation sites (N-methyl/N-ethyl adjacent to an activating group) is 1. The van der Waals surface area contributed by atoms with Crippen molar-refractivity contribution in [1.29, 1.82) is 0 Å². The smallest absolute Gasteiger partial charge is 0.251 e. The molecule has 2 rings (SSSR count). The predicted molar refractivity (Wildman–Crippen MR) is 84.4 cm³/mol. The molecule has 1 heterocycles. The van der Waals surface area contributed by atoms with Crippen molar-refractivity contribution < 1.29 is 9.18 Å². The maximum atomic E-state index is 13.1. The third kappa shape index (κ3) is 4.39. The van der Waals surface area contributed by atoms with E-state index < -0.39 is 5.82 Å². The summed E-state index contributed by atoms with van der Waals surface area (Å²) in [5.74, 6) is -0.475. The number of amides is 1. The monoisotopic (exact) mass is 305 g/mol. The number of aromatic nitrogens is 1. The zero-order chi connectivity index (χ0) is 16.1. The summed E-state index contributed by atoms with van der Waals surface area (Å²) in [7, 11) is 3.87. The van der Waals surface area contributed by atoms with Gasteiger partial charge in [-0.15, -0.1) is 0 Å². The van der Waals surface area contributed by atoms with Crippen LogP contribution < -0.4 is 10.9 Å². The molecule has 0 radical (unpaired) electrons. The number of benzene rings is 1. The van der Waals surface area contributed by atoms with Gasteiger partial charge in [-0.3, -0.25) is 9.59 Å². The molecule has 2 N–H and O–H groups in total. The lowest BCUT2D eigenvalue weighted by Gasteiger charge is -2.10. The molecule has 0 unspecified atom stereocenters. The first-order chi connectivity index (χ1) is 10.5. The third-order valence-corrected chi connectivity index (χ3v) is 3.39. The van der Waals surface area contributed by atoms with Crippen molar-refractivity contribution in [2.24, 2.45) is 0 Å². The first-order valence-corrected chi connectivity index (χ1v) is 7.18. The number of aromatic amines is 1. The van der Waals surface area contributed by atoms with Gasteiger partial charge in [-0.05, 0) is 50.2 Å². The van der Waals surface area contributed by atoms with Crippen LogP contribution >= 0.6 is 0 Å². The molecule has 0 fully saturated rings. The lowest BCUT2D eigenvalue weighted by molar-refractivity contribution is -0.121. The van der Waals surface area contributed by atoms with E-state index in [-0.39, 0.29) is 17.9 Å². The van der Waals surface area contributed by atoms with Crippen LogP contribution in [0.25, 0.3) is 10.9 Å². The second kappa shape index (κ2) is 7.17. The van der Waals surface area contributed by atoms with Crippen molar-refractivity contribution in [3.8, 4) is 0 Å². The van der Waals surface area contributed by atoms with E-state index >= 15 is 0 Å². The SMILES string of the molecule is CN(C)CCNC(=O)CCc1cc2ccc(F)cc2[nH]c1=O. The fourth-order valence-corrected chi connectivity index (χ4v) is 2.16. The first-order valence-electron chi connectivity index (χ1n) is 7.18. The van der Waals surface area contributed by atoms with E-state index in [1.807, 2.05) is 19.0 Å². The molecule has 1 aromatic carbocycles. The van der Waals surface area contributed by atoms with Crippen LogP contribution in [0.2, 0.25) is 0 Å². The Morgan fingerprint density at radius 1 is 1.32 bits per heavy atom. The quantitative estimate of drug-likeness (QED) is 0.845. The van der Waals surface area contributed by atoms with Crippen molar-refractivity contribution in [2.45, 2.75) is 12.8 Å². The largest absolute Gasteiger partial charge is 0.355 e. The number of hydrogen-bond donors (Lipinski definition) is 2. The topological polar surface area (TPSA) is 65.2 Å². The van der Waals surface area contributed by atoms with Crippen LogP contribution in [0.5, 0.6) is 0 Å². The lowest BCUT2D eigenvalue weighted by Crippen LogP contribution is -2.31. The molecular formula is C16H20FN3O2. The number of H-pyrrole nitrogens is 1. The molecule has 1 aromatic heterocycles. The molecule has 6 heteroatoms. The minimum absolute atomic E-state index is 0.0829. The Morgan fingerprint density at radius 3 is 2.82 bits per heavy atom. The lowest BCUT2D eigenvalue weighted by atomic mass is 10.1. The summed E-state index contributed by atoms with van der Waals surface area (Å²) in [4.78, 5) is 28.3. The van der Waals surface area contributed by atoms with Gasteiger partial charge in [0.05, 0.1) is 5.52 Å². The van der Waals surface area contributed by atoms with Gasteiger partial charge in [-0.1, -0.05) is 0 Å². The highest BCUT2D eigenvalue weighted by Gasteiger charge is 2.07. The van der Waals surface area contributed by atoms with Gasteiger partial charge in [-0.25, -0.2) is 4.39 Å². The Balaban J connectivity index is 1.99. The van der Waals surface area contributed by atoms with Crippen LogP contribution in [0.1, 0.15) is 12.0 Å². The molecule has 5 nitrogen and oxygen atoms in total. The summed E-state index contributed by atoms with van der Waals surface area (Å²) in [5, 5.41) is 3.56. The van der Waals surface area contributed by atoms with Gasteiger partial charge in [0, 0.05) is 25.1 Å². The minimum atomic E-state index is -0.392. The summed E-state index contributed by atoms with van der Waals surface area (Å²) < 4.78 is 13.1. The number of fused-ring (bicyclic) bond motifs is 1. The van der Waals surface area contributed by atoms with E-state index in [9.17, 15) is 14.0 Å². The van der Waals surface area contributed by atoms with Crippen LogP contribution in [-0.2, 0) is 11.2 Å². The second-order valence-electron chi connectivity index (χ2n) is 5.51. The maximum Gasteiger partial charge on any atom is 0.251 e. The van der Waals surface area contributed by atoms with E-state index in [4.69, 9.17) is 0 Å². The van der Waals surface area contributed by atoms with E-state index in [0.29, 0.717) is 24.0 Å². The molecule has 0 aliphatic heterocycles. The Kier molecular flexibility index (Phi) is 5.27. The molecule has 0 aliphatic rings. The minimum Gasteiger partial charge on any atom is -0.355 e. The van der Waals surface area contributed by atoms with Crippen molar-refractivity contribution in [3.05, 3.63) is 46.0 Å². The molecule has 0 aliphatic carbocycles. The number of carbonyl (C=O) groups is 1. The fraction of sp³-hybridized carbons (Fsp3) is 0.375. The van der Waals surface area contributed by atoms with Crippen molar-refractivity contribution in [3.63, 3.8) is 0 Å². The average molecular weight is 305 g/mol. The molecule has 1 amide bonds. The molecule has 0 saturated heterocycles. The van der Waals surface area contributed by atoms with Gasteiger partial charge < -0.3 is 15.2 Å². The number of rotatable bonds is 6. The van der Waals surface area contributed by atoms with Crippen LogP contribution in [0.4, 0.5) is 4.39 Å². The molecule has 118 valence electrons. The summed E-state index contributed by atoms with van der Waals surface area (Å²) in [5.41, 5.74) is 0.713. The van der Waals surface area contributed by atoms with Crippen LogP contribution in [0.3, 0.4) is 0 Å². The van der Waals surface area contributed by atoms with Gasteiger partial charge in [0.1, 0.15) is 5.82 Å². The van der Waals surface area contributed by atoms with E-state index in [1.165, 1.54) is 12.1 Å². The summed E-state index contributed by atoms with van der Waals surface area (Å²) in [6, 6.07) is 5.95.